The summed E-state index contributed by atoms with van der Waals surface area (Å²) in [6.45, 7) is 13.2. The number of hydrogen-bond donors (Lipinski definition) is 2. The van der Waals surface area contributed by atoms with Gasteiger partial charge in [-0.3, -0.25) is 24.7 Å². The molecule has 0 spiro atoms. The average molecular weight is 453 g/mol. The van der Waals surface area contributed by atoms with Crippen LogP contribution in [0, 0.1) is 0 Å². The zero-order chi connectivity index (χ0) is 23.2. The van der Waals surface area contributed by atoms with Crippen molar-refractivity contribution in [1.82, 2.24) is 20.2 Å². The Bertz CT molecular complexity index is 885. The van der Waals surface area contributed by atoms with Crippen LogP contribution in [0.2, 0.25) is 0 Å². The van der Waals surface area contributed by atoms with Gasteiger partial charge in [-0.15, -0.1) is 0 Å². The van der Waals surface area contributed by atoms with Gasteiger partial charge in [0.2, 0.25) is 0 Å². The quantitative estimate of drug-likeness (QED) is 0.497. The third kappa shape index (κ3) is 6.40. The predicted octanol–water partition coefficient (Wildman–Crippen LogP) is 2.73. The minimum atomic E-state index is -0.480. The van der Waals surface area contributed by atoms with Crippen molar-refractivity contribution in [3.05, 3.63) is 70.8 Å². The molecule has 1 amide bonds. The fraction of sp³-hybridized carbons (Fsp3) is 0.500. The van der Waals surface area contributed by atoms with Gasteiger partial charge in [-0.25, -0.2) is 5.48 Å². The molecule has 33 heavy (non-hydrogen) atoms. The second-order valence-electron chi connectivity index (χ2n) is 9.41. The summed E-state index contributed by atoms with van der Waals surface area (Å²) < 4.78 is 5.45. The highest BCUT2D eigenvalue weighted by Gasteiger charge is 2.29. The molecule has 2 fully saturated rings. The molecule has 4 rings (SSSR count). The van der Waals surface area contributed by atoms with Gasteiger partial charge in [-0.1, -0.05) is 36.4 Å². The highest BCUT2D eigenvalue weighted by atomic mass is 16.5. The van der Waals surface area contributed by atoms with E-state index in [9.17, 15) is 4.79 Å². The smallest absolute Gasteiger partial charge is 0.274 e. The molecular formula is C26H36N4O3. The topological polar surface area (TPSA) is 68.3 Å². The van der Waals surface area contributed by atoms with Crippen LogP contribution in [0.15, 0.2) is 48.5 Å². The van der Waals surface area contributed by atoms with Gasteiger partial charge in [-0.05, 0) is 42.7 Å². The number of hydrogen-bond acceptors (Lipinski definition) is 6. The number of rotatable bonds is 7. The number of amides is 1. The van der Waals surface area contributed by atoms with Crippen molar-refractivity contribution >= 4 is 5.91 Å². The van der Waals surface area contributed by atoms with E-state index in [2.05, 4.69) is 52.8 Å². The van der Waals surface area contributed by atoms with E-state index in [1.54, 1.807) is 17.6 Å². The molecule has 0 aliphatic carbocycles. The molecule has 2 aliphatic rings. The molecule has 0 radical (unpaired) electrons. The molecular weight excluding hydrogens is 416 g/mol. The number of morpholine rings is 1. The van der Waals surface area contributed by atoms with Crippen LogP contribution >= 0.6 is 0 Å². The highest BCUT2D eigenvalue weighted by molar-refractivity contribution is 5.93. The fourth-order valence-electron chi connectivity index (χ4n) is 4.97. The number of nitrogens with one attached hydrogen (secondary N) is 1. The van der Waals surface area contributed by atoms with Gasteiger partial charge in [0, 0.05) is 63.5 Å². The maximum Gasteiger partial charge on any atom is 0.274 e. The highest BCUT2D eigenvalue weighted by Crippen LogP contribution is 2.21. The fourth-order valence-corrected chi connectivity index (χ4v) is 4.97. The van der Waals surface area contributed by atoms with E-state index < -0.39 is 5.91 Å². The van der Waals surface area contributed by atoms with Crippen LogP contribution in [0.4, 0.5) is 0 Å². The summed E-state index contributed by atoms with van der Waals surface area (Å²) in [5.74, 6) is -0.480. The molecule has 7 nitrogen and oxygen atoms in total. The van der Waals surface area contributed by atoms with Gasteiger partial charge < -0.3 is 4.74 Å². The van der Waals surface area contributed by atoms with Gasteiger partial charge in [0.1, 0.15) is 0 Å². The molecule has 0 saturated carbocycles. The first kappa shape index (κ1) is 23.9. The molecule has 7 heteroatoms. The Morgan fingerprint density at radius 1 is 0.848 bits per heavy atom. The Hall–Kier alpha value is -2.29. The molecule has 2 unspecified atom stereocenters. The average Bonchev–Trinajstić information content (AvgIpc) is 2.83. The number of hydroxylamine groups is 1. The van der Waals surface area contributed by atoms with Gasteiger partial charge in [0.15, 0.2) is 0 Å². The first-order valence-electron chi connectivity index (χ1n) is 11.9. The molecule has 2 aromatic rings. The van der Waals surface area contributed by atoms with E-state index in [0.717, 1.165) is 59.0 Å². The standard InChI is InChI=1S/C26H36N4O3/c1-20-15-29(18-23-7-9-25(10-8-23)26(31)27-32)16-21(2)30(20)19-24-5-3-22(4-6-24)17-28-11-13-33-14-12-28/h3-10,20-21,32H,11-19H2,1-2H3,(H,27,31). The SMILES string of the molecule is CC1CN(Cc2ccc(C(=O)NO)cc2)CC(C)N1Cc1ccc(CN2CCOCC2)cc1. The minimum absolute atomic E-state index is 0.459. The molecule has 0 bridgehead atoms. The normalized spacial score (nSPS) is 22.9. The van der Waals surface area contributed by atoms with E-state index in [-0.39, 0.29) is 0 Å². The van der Waals surface area contributed by atoms with Crippen LogP contribution in [0.5, 0.6) is 0 Å². The first-order chi connectivity index (χ1) is 16.0. The van der Waals surface area contributed by atoms with E-state index in [4.69, 9.17) is 9.94 Å². The van der Waals surface area contributed by atoms with Crippen LogP contribution in [-0.2, 0) is 24.4 Å². The zero-order valence-electron chi connectivity index (χ0n) is 19.7. The summed E-state index contributed by atoms with van der Waals surface area (Å²) in [5.41, 5.74) is 6.05. The molecule has 178 valence electrons. The Balaban J connectivity index is 1.29. The maximum atomic E-state index is 11.5. The summed E-state index contributed by atoms with van der Waals surface area (Å²) in [5, 5.41) is 8.77. The minimum Gasteiger partial charge on any atom is -0.379 e. The summed E-state index contributed by atoms with van der Waals surface area (Å²) in [6.07, 6.45) is 0. The van der Waals surface area contributed by atoms with Crippen molar-refractivity contribution in [2.45, 2.75) is 45.6 Å². The lowest BCUT2D eigenvalue weighted by atomic mass is 10.0. The largest absolute Gasteiger partial charge is 0.379 e. The van der Waals surface area contributed by atoms with Gasteiger partial charge in [0.25, 0.3) is 5.91 Å². The van der Waals surface area contributed by atoms with Crippen molar-refractivity contribution in [2.24, 2.45) is 0 Å². The number of carbonyl (C=O) groups excluding carboxylic acids is 1. The van der Waals surface area contributed by atoms with E-state index >= 15 is 0 Å². The third-order valence-electron chi connectivity index (χ3n) is 6.80. The zero-order valence-corrected chi connectivity index (χ0v) is 19.7. The molecule has 2 saturated heterocycles. The van der Waals surface area contributed by atoms with Crippen LogP contribution in [0.3, 0.4) is 0 Å². The lowest BCUT2D eigenvalue weighted by molar-refractivity contribution is 0.0290. The monoisotopic (exact) mass is 452 g/mol. The van der Waals surface area contributed by atoms with Gasteiger partial charge >= 0.3 is 0 Å². The van der Waals surface area contributed by atoms with E-state index in [1.165, 1.54) is 16.7 Å². The second kappa shape index (κ2) is 11.2. The van der Waals surface area contributed by atoms with Crippen LogP contribution in [-0.4, -0.2) is 77.3 Å². The summed E-state index contributed by atoms with van der Waals surface area (Å²) >= 11 is 0. The summed E-state index contributed by atoms with van der Waals surface area (Å²) in [4.78, 5) is 19.1. The maximum absolute atomic E-state index is 11.5. The number of benzene rings is 2. The van der Waals surface area contributed by atoms with Crippen molar-refractivity contribution < 1.29 is 14.7 Å². The molecule has 0 aromatic heterocycles. The summed E-state index contributed by atoms with van der Waals surface area (Å²) in [6, 6.07) is 17.5. The molecule has 2 N–H and O–H groups in total. The molecule has 2 heterocycles. The molecule has 2 aromatic carbocycles. The van der Waals surface area contributed by atoms with Crippen LogP contribution in [0.1, 0.15) is 40.9 Å². The number of piperazine rings is 1. The second-order valence-corrected chi connectivity index (χ2v) is 9.41. The number of ether oxygens (including phenoxy) is 1. The van der Waals surface area contributed by atoms with Gasteiger partial charge in [-0.2, -0.15) is 0 Å². The lowest BCUT2D eigenvalue weighted by Gasteiger charge is -2.44. The van der Waals surface area contributed by atoms with Crippen molar-refractivity contribution in [3.63, 3.8) is 0 Å². The van der Waals surface area contributed by atoms with Crippen molar-refractivity contribution in [3.8, 4) is 0 Å². The molecule has 2 aliphatic heterocycles. The van der Waals surface area contributed by atoms with E-state index in [0.29, 0.717) is 17.6 Å². The Morgan fingerprint density at radius 3 is 1.88 bits per heavy atom. The van der Waals surface area contributed by atoms with E-state index in [1.807, 2.05) is 12.1 Å². The Kier molecular flexibility index (Phi) is 8.11. The molecule has 2 atom stereocenters. The third-order valence-corrected chi connectivity index (χ3v) is 6.80. The van der Waals surface area contributed by atoms with Crippen molar-refractivity contribution in [1.29, 1.82) is 0 Å². The van der Waals surface area contributed by atoms with Gasteiger partial charge in [0.05, 0.1) is 13.2 Å². The predicted molar refractivity (Wildman–Crippen MR) is 128 cm³/mol. The first-order valence-corrected chi connectivity index (χ1v) is 11.9. The Morgan fingerprint density at radius 2 is 1.33 bits per heavy atom. The Labute approximate surface area is 196 Å². The van der Waals surface area contributed by atoms with Crippen LogP contribution in [0.25, 0.3) is 0 Å². The number of nitrogens with zero attached hydrogens (tertiary/aromatic N) is 3. The lowest BCUT2D eigenvalue weighted by Crippen LogP contribution is -2.55. The van der Waals surface area contributed by atoms with Crippen molar-refractivity contribution in [2.75, 3.05) is 39.4 Å². The summed E-state index contributed by atoms with van der Waals surface area (Å²) in [7, 11) is 0. The van der Waals surface area contributed by atoms with Crippen LogP contribution < -0.4 is 5.48 Å². The number of carbonyl (C=O) groups is 1.